The van der Waals surface area contributed by atoms with Crippen molar-refractivity contribution < 1.29 is 4.79 Å². The Morgan fingerprint density at radius 1 is 0.897 bits per heavy atom. The summed E-state index contributed by atoms with van der Waals surface area (Å²) in [6, 6.07) is 18.1. The number of rotatable bonds is 6. The molecule has 1 aromatic carbocycles. The van der Waals surface area contributed by atoms with Crippen molar-refractivity contribution in [1.82, 2.24) is 19.8 Å². The van der Waals surface area contributed by atoms with Crippen molar-refractivity contribution in [2.75, 3.05) is 31.5 Å². The minimum absolute atomic E-state index is 0.00294. The lowest BCUT2D eigenvalue weighted by Crippen LogP contribution is -2.48. The second kappa shape index (κ2) is 9.30. The SMILES string of the molecule is O=C(c1ccc(NCc2cccnc2)cn1)N1CCN(Cc2ccccc2)CC1. The molecule has 2 aromatic heterocycles. The summed E-state index contributed by atoms with van der Waals surface area (Å²) >= 11 is 0. The van der Waals surface area contributed by atoms with E-state index < -0.39 is 0 Å². The number of carbonyl (C=O) groups excluding carboxylic acids is 1. The van der Waals surface area contributed by atoms with Crippen LogP contribution in [0.5, 0.6) is 0 Å². The molecule has 4 rings (SSSR count). The van der Waals surface area contributed by atoms with Gasteiger partial charge in [0, 0.05) is 51.7 Å². The van der Waals surface area contributed by atoms with Crippen LogP contribution < -0.4 is 5.32 Å². The van der Waals surface area contributed by atoms with Crippen LogP contribution in [-0.2, 0) is 13.1 Å². The van der Waals surface area contributed by atoms with Gasteiger partial charge in [-0.25, -0.2) is 4.98 Å². The molecule has 0 saturated carbocycles. The molecule has 0 atom stereocenters. The predicted molar refractivity (Wildman–Crippen MR) is 113 cm³/mol. The van der Waals surface area contributed by atoms with E-state index in [1.54, 1.807) is 18.5 Å². The van der Waals surface area contributed by atoms with Gasteiger partial charge in [0.05, 0.1) is 11.9 Å². The maximum absolute atomic E-state index is 12.8. The van der Waals surface area contributed by atoms with Gasteiger partial charge in [-0.15, -0.1) is 0 Å². The number of pyridine rings is 2. The smallest absolute Gasteiger partial charge is 0.272 e. The molecule has 29 heavy (non-hydrogen) atoms. The summed E-state index contributed by atoms with van der Waals surface area (Å²) in [5, 5.41) is 3.30. The second-order valence-corrected chi connectivity index (χ2v) is 7.20. The number of nitrogens with one attached hydrogen (secondary N) is 1. The van der Waals surface area contributed by atoms with Crippen molar-refractivity contribution in [3.8, 4) is 0 Å². The lowest BCUT2D eigenvalue weighted by atomic mass is 10.2. The Morgan fingerprint density at radius 3 is 2.38 bits per heavy atom. The Balaban J connectivity index is 1.27. The van der Waals surface area contributed by atoms with Crippen molar-refractivity contribution in [1.29, 1.82) is 0 Å². The fraction of sp³-hybridized carbons (Fsp3) is 0.261. The molecule has 6 heteroatoms. The molecule has 1 aliphatic rings. The summed E-state index contributed by atoms with van der Waals surface area (Å²) in [7, 11) is 0. The Hall–Kier alpha value is -3.25. The zero-order chi connectivity index (χ0) is 19.9. The first-order valence-electron chi connectivity index (χ1n) is 9.92. The van der Waals surface area contributed by atoms with E-state index in [0.29, 0.717) is 12.2 Å². The molecule has 6 nitrogen and oxygen atoms in total. The van der Waals surface area contributed by atoms with Crippen molar-refractivity contribution in [2.45, 2.75) is 13.1 Å². The molecule has 1 saturated heterocycles. The van der Waals surface area contributed by atoms with E-state index in [9.17, 15) is 4.79 Å². The molecule has 148 valence electrons. The molecule has 1 fully saturated rings. The van der Waals surface area contributed by atoms with Gasteiger partial charge in [-0.1, -0.05) is 36.4 Å². The molecule has 3 heterocycles. The molecule has 0 bridgehead atoms. The third-order valence-corrected chi connectivity index (χ3v) is 5.11. The van der Waals surface area contributed by atoms with E-state index >= 15 is 0 Å². The van der Waals surface area contributed by atoms with Gasteiger partial charge >= 0.3 is 0 Å². The summed E-state index contributed by atoms with van der Waals surface area (Å²) < 4.78 is 0. The van der Waals surface area contributed by atoms with Gasteiger partial charge in [-0.3, -0.25) is 14.7 Å². The minimum Gasteiger partial charge on any atom is -0.380 e. The molecular formula is C23H25N5O. The van der Waals surface area contributed by atoms with Crippen LogP contribution in [0.4, 0.5) is 5.69 Å². The summed E-state index contributed by atoms with van der Waals surface area (Å²) in [5.74, 6) is 0.00294. The zero-order valence-electron chi connectivity index (χ0n) is 16.4. The highest BCUT2D eigenvalue weighted by atomic mass is 16.2. The molecule has 0 spiro atoms. The maximum Gasteiger partial charge on any atom is 0.272 e. The number of amides is 1. The lowest BCUT2D eigenvalue weighted by Gasteiger charge is -2.34. The fourth-order valence-corrected chi connectivity index (χ4v) is 3.44. The Morgan fingerprint density at radius 2 is 1.69 bits per heavy atom. The van der Waals surface area contributed by atoms with Crippen molar-refractivity contribution in [3.05, 3.63) is 90.0 Å². The van der Waals surface area contributed by atoms with Gasteiger partial charge in [0.15, 0.2) is 0 Å². The Labute approximate surface area is 171 Å². The largest absolute Gasteiger partial charge is 0.380 e. The number of piperazine rings is 1. The average Bonchev–Trinajstić information content (AvgIpc) is 2.79. The van der Waals surface area contributed by atoms with Crippen LogP contribution in [0.25, 0.3) is 0 Å². The average molecular weight is 387 g/mol. The van der Waals surface area contributed by atoms with Gasteiger partial charge in [0.25, 0.3) is 5.91 Å². The van der Waals surface area contributed by atoms with Gasteiger partial charge in [-0.2, -0.15) is 0 Å². The third kappa shape index (κ3) is 5.18. The van der Waals surface area contributed by atoms with E-state index in [0.717, 1.165) is 44.0 Å². The third-order valence-electron chi connectivity index (χ3n) is 5.11. The van der Waals surface area contributed by atoms with Crippen molar-refractivity contribution >= 4 is 11.6 Å². The highest BCUT2D eigenvalue weighted by molar-refractivity contribution is 5.92. The highest BCUT2D eigenvalue weighted by Gasteiger charge is 2.22. The van der Waals surface area contributed by atoms with Crippen molar-refractivity contribution in [3.63, 3.8) is 0 Å². The molecule has 3 aromatic rings. The predicted octanol–water partition coefficient (Wildman–Crippen LogP) is 3.05. The quantitative estimate of drug-likeness (QED) is 0.704. The summed E-state index contributed by atoms with van der Waals surface area (Å²) in [6.45, 7) is 4.82. The fourth-order valence-electron chi connectivity index (χ4n) is 3.44. The first-order valence-corrected chi connectivity index (χ1v) is 9.92. The van der Waals surface area contributed by atoms with E-state index in [1.807, 2.05) is 35.4 Å². The Bertz CT molecular complexity index is 907. The first kappa shape index (κ1) is 19.1. The van der Waals surface area contributed by atoms with Gasteiger partial charge < -0.3 is 10.2 Å². The molecule has 0 radical (unpaired) electrons. The van der Waals surface area contributed by atoms with E-state index in [-0.39, 0.29) is 5.91 Å². The zero-order valence-corrected chi connectivity index (χ0v) is 16.4. The summed E-state index contributed by atoms with van der Waals surface area (Å²) in [6.07, 6.45) is 5.30. The van der Waals surface area contributed by atoms with Crippen LogP contribution in [0.1, 0.15) is 21.6 Å². The molecular weight excluding hydrogens is 362 g/mol. The van der Waals surface area contributed by atoms with E-state index in [1.165, 1.54) is 5.56 Å². The van der Waals surface area contributed by atoms with Gasteiger partial charge in [-0.05, 0) is 29.3 Å². The normalized spacial score (nSPS) is 14.6. The summed E-state index contributed by atoms with van der Waals surface area (Å²) in [4.78, 5) is 25.5. The number of hydrogen-bond donors (Lipinski definition) is 1. The summed E-state index contributed by atoms with van der Waals surface area (Å²) in [5.41, 5.74) is 3.79. The number of aromatic nitrogens is 2. The number of anilines is 1. The standard InChI is InChI=1S/C23H25N5O/c29-23(28-13-11-27(12-14-28)18-19-5-2-1-3-6-19)22-9-8-21(17-26-22)25-16-20-7-4-10-24-15-20/h1-10,15,17,25H,11-14,16,18H2. The van der Waals surface area contributed by atoms with Gasteiger partial charge in [0.1, 0.15) is 5.69 Å². The van der Waals surface area contributed by atoms with Crippen LogP contribution in [-0.4, -0.2) is 51.9 Å². The first-order chi connectivity index (χ1) is 14.3. The lowest BCUT2D eigenvalue weighted by molar-refractivity contribution is 0.0623. The van der Waals surface area contributed by atoms with Crippen molar-refractivity contribution in [2.24, 2.45) is 0 Å². The van der Waals surface area contributed by atoms with Crippen LogP contribution in [0.2, 0.25) is 0 Å². The van der Waals surface area contributed by atoms with Gasteiger partial charge in [0.2, 0.25) is 0 Å². The number of benzene rings is 1. The minimum atomic E-state index is 0.00294. The van der Waals surface area contributed by atoms with Crippen LogP contribution in [0, 0.1) is 0 Å². The molecule has 1 N–H and O–H groups in total. The molecule has 1 aliphatic heterocycles. The monoisotopic (exact) mass is 387 g/mol. The second-order valence-electron chi connectivity index (χ2n) is 7.20. The van der Waals surface area contributed by atoms with E-state index in [2.05, 4.69) is 44.5 Å². The number of nitrogens with zero attached hydrogens (tertiary/aromatic N) is 4. The van der Waals surface area contributed by atoms with Crippen LogP contribution in [0.15, 0.2) is 73.2 Å². The Kier molecular flexibility index (Phi) is 6.12. The van der Waals surface area contributed by atoms with Crippen LogP contribution >= 0.6 is 0 Å². The maximum atomic E-state index is 12.8. The van der Waals surface area contributed by atoms with E-state index in [4.69, 9.17) is 0 Å². The molecule has 0 unspecified atom stereocenters. The highest BCUT2D eigenvalue weighted by Crippen LogP contribution is 2.13. The topological polar surface area (TPSA) is 61.4 Å². The molecule has 1 amide bonds. The number of hydrogen-bond acceptors (Lipinski definition) is 5. The molecule has 0 aliphatic carbocycles. The number of carbonyl (C=O) groups is 1. The van der Waals surface area contributed by atoms with Crippen LogP contribution in [0.3, 0.4) is 0 Å².